The Bertz CT molecular complexity index is 443. The fourth-order valence-electron chi connectivity index (χ4n) is 2.44. The fraction of sp³-hybridized carbons (Fsp3) is 0.462. The van der Waals surface area contributed by atoms with Gasteiger partial charge in [-0.05, 0) is 43.5 Å². The Balaban J connectivity index is 1.80. The summed E-state index contributed by atoms with van der Waals surface area (Å²) in [6, 6.07) is 7.54. The smallest absolute Gasteiger partial charge is 0.115 e. The second-order valence-corrected chi connectivity index (χ2v) is 5.90. The van der Waals surface area contributed by atoms with Gasteiger partial charge < -0.3 is 10.2 Å². The third-order valence-electron chi connectivity index (χ3n) is 3.39. The Kier molecular flexibility index (Phi) is 2.84. The van der Waals surface area contributed by atoms with Crippen molar-refractivity contribution >= 4 is 16.8 Å². The predicted molar refractivity (Wildman–Crippen MR) is 69.7 cm³/mol. The number of rotatable bonds is 1. The number of aliphatic hydroxyl groups is 1. The Morgan fingerprint density at radius 1 is 1.18 bits per heavy atom. The van der Waals surface area contributed by atoms with Crippen molar-refractivity contribution in [1.82, 2.24) is 0 Å². The highest BCUT2D eigenvalue weighted by Gasteiger charge is 2.35. The highest BCUT2D eigenvalue weighted by molar-refractivity contribution is 8.15. The molecule has 0 amide bonds. The van der Waals surface area contributed by atoms with Gasteiger partial charge in [0, 0.05) is 10.8 Å². The third-order valence-corrected chi connectivity index (χ3v) is 4.76. The molecule has 1 fully saturated rings. The van der Waals surface area contributed by atoms with Gasteiger partial charge in [0.2, 0.25) is 0 Å². The van der Waals surface area contributed by atoms with Gasteiger partial charge in [-0.15, -0.1) is 11.8 Å². The largest absolute Gasteiger partial charge is 0.508 e. The number of aliphatic imine (C=N–C) groups is 1. The van der Waals surface area contributed by atoms with Crippen molar-refractivity contribution in [2.45, 2.75) is 36.7 Å². The maximum atomic E-state index is 9.65. The minimum atomic E-state index is -0.155. The van der Waals surface area contributed by atoms with Crippen LogP contribution in [0.3, 0.4) is 0 Å². The minimum absolute atomic E-state index is 0.155. The normalized spacial score (nSPS) is 32.1. The molecule has 2 N–H and O–H groups in total. The topological polar surface area (TPSA) is 52.8 Å². The summed E-state index contributed by atoms with van der Waals surface area (Å²) in [5, 5.41) is 20.4. The third kappa shape index (κ3) is 2.19. The molecule has 2 aliphatic rings. The zero-order valence-corrected chi connectivity index (χ0v) is 10.2. The van der Waals surface area contributed by atoms with E-state index in [0.29, 0.717) is 11.3 Å². The van der Waals surface area contributed by atoms with E-state index in [1.807, 2.05) is 12.1 Å². The van der Waals surface area contributed by atoms with Gasteiger partial charge in [-0.3, -0.25) is 4.99 Å². The van der Waals surface area contributed by atoms with Crippen molar-refractivity contribution < 1.29 is 10.2 Å². The summed E-state index contributed by atoms with van der Waals surface area (Å²) >= 11 is 1.77. The van der Waals surface area contributed by atoms with Gasteiger partial charge in [0.15, 0.2) is 0 Å². The molecule has 3 rings (SSSR count). The molecule has 1 aliphatic carbocycles. The molecule has 17 heavy (non-hydrogen) atoms. The molecule has 3 atom stereocenters. The second kappa shape index (κ2) is 4.35. The molecule has 0 bridgehead atoms. The van der Waals surface area contributed by atoms with Crippen LogP contribution in [-0.2, 0) is 0 Å². The first-order valence-electron chi connectivity index (χ1n) is 5.94. The minimum Gasteiger partial charge on any atom is -0.508 e. The van der Waals surface area contributed by atoms with Crippen LogP contribution in [0.25, 0.3) is 0 Å². The van der Waals surface area contributed by atoms with Crippen LogP contribution in [0.1, 0.15) is 24.8 Å². The molecule has 1 heterocycles. The van der Waals surface area contributed by atoms with Crippen molar-refractivity contribution in [2.75, 3.05) is 0 Å². The molecule has 90 valence electrons. The van der Waals surface area contributed by atoms with Crippen LogP contribution in [0.15, 0.2) is 29.3 Å². The van der Waals surface area contributed by atoms with Crippen molar-refractivity contribution in [2.24, 2.45) is 4.99 Å². The standard InChI is InChI=1S/C13H15NO2S/c15-9-3-1-8(2-4-9)13-14-11-6-5-10(16)7-12(11)17-13/h1-4,10-12,15-16H,5-7H2. The van der Waals surface area contributed by atoms with E-state index in [9.17, 15) is 10.2 Å². The maximum Gasteiger partial charge on any atom is 0.115 e. The number of nitrogens with zero attached hydrogens (tertiary/aromatic N) is 1. The fourth-order valence-corrected chi connectivity index (χ4v) is 3.87. The first-order chi connectivity index (χ1) is 8.22. The average Bonchev–Trinajstić information content (AvgIpc) is 2.72. The van der Waals surface area contributed by atoms with E-state index in [1.54, 1.807) is 23.9 Å². The number of fused-ring (bicyclic) bond motifs is 1. The summed E-state index contributed by atoms with van der Waals surface area (Å²) in [4.78, 5) is 4.73. The van der Waals surface area contributed by atoms with Crippen LogP contribution in [0.4, 0.5) is 0 Å². The molecule has 0 radical (unpaired) electrons. The number of phenols is 1. The molecule has 1 aromatic carbocycles. The lowest BCUT2D eigenvalue weighted by molar-refractivity contribution is 0.127. The summed E-state index contributed by atoms with van der Waals surface area (Å²) in [5.41, 5.74) is 1.07. The predicted octanol–water partition coefficient (Wildman–Crippen LogP) is 2.17. The first kappa shape index (κ1) is 11.1. The molecular formula is C13H15NO2S. The zero-order valence-electron chi connectivity index (χ0n) is 9.41. The van der Waals surface area contributed by atoms with Gasteiger partial charge in [0.05, 0.1) is 17.2 Å². The molecule has 3 nitrogen and oxygen atoms in total. The van der Waals surface area contributed by atoms with Crippen LogP contribution >= 0.6 is 11.8 Å². The van der Waals surface area contributed by atoms with E-state index in [1.165, 1.54) is 0 Å². The van der Waals surface area contributed by atoms with E-state index in [2.05, 4.69) is 0 Å². The van der Waals surface area contributed by atoms with E-state index < -0.39 is 0 Å². The lowest BCUT2D eigenvalue weighted by atomic mass is 9.93. The van der Waals surface area contributed by atoms with Gasteiger partial charge in [0.25, 0.3) is 0 Å². The summed E-state index contributed by atoms with van der Waals surface area (Å²) < 4.78 is 0. The molecule has 1 saturated carbocycles. The molecule has 3 unspecified atom stereocenters. The monoisotopic (exact) mass is 249 g/mol. The lowest BCUT2D eigenvalue weighted by Crippen LogP contribution is -2.30. The Labute approximate surface area is 105 Å². The number of phenolic OH excluding ortho intramolecular Hbond substituents is 1. The van der Waals surface area contributed by atoms with Gasteiger partial charge in [-0.25, -0.2) is 0 Å². The first-order valence-corrected chi connectivity index (χ1v) is 6.82. The average molecular weight is 249 g/mol. The number of hydrogen-bond acceptors (Lipinski definition) is 4. The zero-order chi connectivity index (χ0) is 11.8. The number of aromatic hydroxyl groups is 1. The molecular weight excluding hydrogens is 234 g/mol. The molecule has 0 saturated heterocycles. The van der Waals surface area contributed by atoms with E-state index in [-0.39, 0.29) is 11.9 Å². The van der Waals surface area contributed by atoms with Gasteiger partial charge in [-0.2, -0.15) is 0 Å². The van der Waals surface area contributed by atoms with Gasteiger partial charge >= 0.3 is 0 Å². The van der Waals surface area contributed by atoms with Crippen molar-refractivity contribution in [3.8, 4) is 5.75 Å². The summed E-state index contributed by atoms with van der Waals surface area (Å²) in [5.74, 6) is 0.283. The molecule has 4 heteroatoms. The number of hydrogen-bond donors (Lipinski definition) is 2. The molecule has 0 aromatic heterocycles. The molecule has 0 spiro atoms. The van der Waals surface area contributed by atoms with E-state index >= 15 is 0 Å². The van der Waals surface area contributed by atoms with Crippen LogP contribution in [0.2, 0.25) is 0 Å². The van der Waals surface area contributed by atoms with Crippen LogP contribution in [0.5, 0.6) is 5.75 Å². The number of aliphatic hydroxyl groups excluding tert-OH is 1. The van der Waals surface area contributed by atoms with E-state index in [0.717, 1.165) is 29.9 Å². The van der Waals surface area contributed by atoms with Gasteiger partial charge in [-0.1, -0.05) is 0 Å². The maximum absolute atomic E-state index is 9.65. The summed E-state index contributed by atoms with van der Waals surface area (Å²) in [7, 11) is 0. The number of benzene rings is 1. The van der Waals surface area contributed by atoms with Crippen molar-refractivity contribution in [3.05, 3.63) is 29.8 Å². The van der Waals surface area contributed by atoms with Gasteiger partial charge in [0.1, 0.15) is 5.75 Å². The molecule has 1 aliphatic heterocycles. The summed E-state index contributed by atoms with van der Waals surface area (Å²) in [6.45, 7) is 0. The SMILES string of the molecule is Oc1ccc(C2=NC3CCC(O)CC3S2)cc1. The van der Waals surface area contributed by atoms with Crippen molar-refractivity contribution in [1.29, 1.82) is 0 Å². The highest BCUT2D eigenvalue weighted by atomic mass is 32.2. The van der Waals surface area contributed by atoms with Crippen LogP contribution < -0.4 is 0 Å². The van der Waals surface area contributed by atoms with Crippen LogP contribution in [-0.4, -0.2) is 32.7 Å². The number of thioether (sulfide) groups is 1. The molecule has 1 aromatic rings. The second-order valence-electron chi connectivity index (χ2n) is 4.67. The quantitative estimate of drug-likeness (QED) is 0.802. The van der Waals surface area contributed by atoms with Crippen LogP contribution in [0, 0.1) is 0 Å². The Morgan fingerprint density at radius 2 is 1.94 bits per heavy atom. The Morgan fingerprint density at radius 3 is 2.71 bits per heavy atom. The summed E-state index contributed by atoms with van der Waals surface area (Å²) in [6.07, 6.45) is 2.55. The van der Waals surface area contributed by atoms with Crippen molar-refractivity contribution in [3.63, 3.8) is 0 Å². The van der Waals surface area contributed by atoms with E-state index in [4.69, 9.17) is 4.99 Å². The Hall–Kier alpha value is -1.00. The highest BCUT2D eigenvalue weighted by Crippen LogP contribution is 2.39. The lowest BCUT2D eigenvalue weighted by Gasteiger charge is -2.26.